The molecule has 0 aromatic heterocycles. The van der Waals surface area contributed by atoms with Gasteiger partial charge in [0.25, 0.3) is 0 Å². The predicted octanol–water partition coefficient (Wildman–Crippen LogP) is 8.03. The van der Waals surface area contributed by atoms with E-state index in [9.17, 15) is 4.39 Å². The van der Waals surface area contributed by atoms with Gasteiger partial charge in [-0.1, -0.05) is 31.2 Å². The zero-order valence-electron chi connectivity index (χ0n) is 18.9. The van der Waals surface area contributed by atoms with E-state index in [0.717, 1.165) is 32.1 Å². The van der Waals surface area contributed by atoms with Crippen molar-refractivity contribution in [3.8, 4) is 5.75 Å². The molecule has 5 heteroatoms. The van der Waals surface area contributed by atoms with Crippen LogP contribution in [0, 0.1) is 23.1 Å². The van der Waals surface area contributed by atoms with Crippen LogP contribution in [0.3, 0.4) is 0 Å². The number of benzene rings is 1. The lowest BCUT2D eigenvalue weighted by Gasteiger charge is -2.41. The fourth-order valence-corrected chi connectivity index (χ4v) is 5.57. The van der Waals surface area contributed by atoms with Crippen molar-refractivity contribution >= 4 is 5.57 Å². The van der Waals surface area contributed by atoms with Gasteiger partial charge in [-0.15, -0.1) is 6.58 Å². The normalized spacial score (nSPS) is 34.1. The summed E-state index contributed by atoms with van der Waals surface area (Å²) in [6.07, 6.45) is 5.15. The number of allylic oxidation sites excluding steroid dienone is 5. The largest absolute Gasteiger partial charge is 0.491 e. The minimum Gasteiger partial charge on any atom is -0.491 e. The Bertz CT molecular complexity index is 928. The summed E-state index contributed by atoms with van der Waals surface area (Å²) >= 11 is 0. The van der Waals surface area contributed by atoms with Crippen molar-refractivity contribution in [1.29, 1.82) is 0 Å². The van der Waals surface area contributed by atoms with E-state index in [2.05, 4.69) is 6.58 Å². The van der Waals surface area contributed by atoms with Crippen molar-refractivity contribution in [2.75, 3.05) is 6.61 Å². The average Bonchev–Trinajstić information content (AvgIpc) is 2.80. The van der Waals surface area contributed by atoms with E-state index in [0.29, 0.717) is 18.3 Å². The number of hydrogen-bond acceptors (Lipinski definition) is 1. The second-order valence-electron chi connectivity index (χ2n) is 9.70. The van der Waals surface area contributed by atoms with Crippen LogP contribution in [0.15, 0.2) is 42.5 Å². The summed E-state index contributed by atoms with van der Waals surface area (Å²) in [4.78, 5) is 0. The van der Waals surface area contributed by atoms with Crippen molar-refractivity contribution in [2.45, 2.75) is 70.9 Å². The average molecular weight is 449 g/mol. The quantitative estimate of drug-likeness (QED) is 0.316. The van der Waals surface area contributed by atoms with E-state index >= 15 is 13.2 Å². The molecule has 1 nitrogen and oxygen atoms in total. The van der Waals surface area contributed by atoms with Gasteiger partial charge < -0.3 is 4.74 Å². The SMILES string of the molecule is C=CC1CCC(CCC2(C)C=CC3=C(C(F)C(F)c4c3ccc(OCC)c4F)C2F)CC1. The highest BCUT2D eigenvalue weighted by atomic mass is 19.2. The van der Waals surface area contributed by atoms with Gasteiger partial charge in [0.15, 0.2) is 23.9 Å². The number of halogens is 4. The highest BCUT2D eigenvalue weighted by Gasteiger charge is 2.48. The number of fused-ring (bicyclic) bond motifs is 2. The third-order valence-electron chi connectivity index (χ3n) is 7.67. The molecular weight excluding hydrogens is 416 g/mol. The maximum atomic E-state index is 15.8. The van der Waals surface area contributed by atoms with E-state index in [1.165, 1.54) is 12.1 Å². The summed E-state index contributed by atoms with van der Waals surface area (Å²) in [7, 11) is 0. The maximum Gasteiger partial charge on any atom is 0.171 e. The zero-order valence-corrected chi connectivity index (χ0v) is 18.9. The lowest BCUT2D eigenvalue weighted by molar-refractivity contribution is 0.121. The Labute approximate surface area is 188 Å². The molecule has 3 aliphatic rings. The van der Waals surface area contributed by atoms with Crippen LogP contribution in [0.1, 0.15) is 69.7 Å². The van der Waals surface area contributed by atoms with Crippen LogP contribution >= 0.6 is 0 Å². The number of alkyl halides is 3. The van der Waals surface area contributed by atoms with Crippen LogP contribution in [0.2, 0.25) is 0 Å². The summed E-state index contributed by atoms with van der Waals surface area (Å²) in [5.74, 6) is 0.0705. The molecule has 0 spiro atoms. The van der Waals surface area contributed by atoms with Crippen molar-refractivity contribution in [2.24, 2.45) is 17.3 Å². The molecule has 1 aromatic carbocycles. The first kappa shape index (κ1) is 23.1. The number of hydrogen-bond donors (Lipinski definition) is 0. The topological polar surface area (TPSA) is 9.23 Å². The molecule has 0 N–H and O–H groups in total. The Hall–Kier alpha value is -2.04. The van der Waals surface area contributed by atoms with Crippen molar-refractivity contribution < 1.29 is 22.3 Å². The van der Waals surface area contributed by atoms with Crippen LogP contribution in [-0.4, -0.2) is 19.0 Å². The second-order valence-corrected chi connectivity index (χ2v) is 9.70. The van der Waals surface area contributed by atoms with E-state index in [4.69, 9.17) is 4.74 Å². The molecule has 4 atom stereocenters. The molecule has 0 radical (unpaired) electrons. The lowest BCUT2D eigenvalue weighted by atomic mass is 9.66. The van der Waals surface area contributed by atoms with Crippen molar-refractivity contribution in [3.63, 3.8) is 0 Å². The standard InChI is InChI=1S/C27H32F4O/c1-4-16-6-8-17(9-7-16)12-14-27(3)15-13-19-18-10-11-20(32-5-2)23(28)21(18)24(29)25(30)22(19)26(27)31/h4,10-11,13,15-17,24-26H,1,5-9,12,14H2,2-3H3. The number of rotatable bonds is 6. The first-order valence-corrected chi connectivity index (χ1v) is 11.7. The molecule has 32 heavy (non-hydrogen) atoms. The van der Waals surface area contributed by atoms with E-state index < -0.39 is 29.7 Å². The molecule has 3 aliphatic carbocycles. The monoisotopic (exact) mass is 448 g/mol. The van der Waals surface area contributed by atoms with Gasteiger partial charge in [0.2, 0.25) is 0 Å². The molecule has 0 aliphatic heterocycles. The molecule has 1 fully saturated rings. The van der Waals surface area contributed by atoms with Gasteiger partial charge in [0.05, 0.1) is 6.61 Å². The smallest absolute Gasteiger partial charge is 0.171 e. The summed E-state index contributed by atoms with van der Waals surface area (Å²) in [6, 6.07) is 2.91. The van der Waals surface area contributed by atoms with E-state index in [1.54, 1.807) is 26.0 Å². The minimum atomic E-state index is -2.26. The van der Waals surface area contributed by atoms with Crippen molar-refractivity contribution in [3.05, 3.63) is 59.5 Å². The molecule has 0 saturated heterocycles. The van der Waals surface area contributed by atoms with Gasteiger partial charge in [-0.05, 0) is 74.5 Å². The summed E-state index contributed by atoms with van der Waals surface area (Å²) in [5, 5.41) is 0. The van der Waals surface area contributed by atoms with Crippen LogP contribution in [0.5, 0.6) is 5.75 Å². The Morgan fingerprint density at radius 3 is 2.50 bits per heavy atom. The summed E-state index contributed by atoms with van der Waals surface area (Å²) < 4.78 is 66.2. The maximum absolute atomic E-state index is 15.8. The highest BCUT2D eigenvalue weighted by molar-refractivity contribution is 5.84. The fraction of sp³-hybridized carbons (Fsp3) is 0.556. The van der Waals surface area contributed by atoms with E-state index in [1.807, 2.05) is 6.08 Å². The molecule has 4 rings (SSSR count). The second kappa shape index (κ2) is 9.07. The zero-order chi connectivity index (χ0) is 23.0. The molecule has 0 bridgehead atoms. The summed E-state index contributed by atoms with van der Waals surface area (Å²) in [6.45, 7) is 7.55. The first-order chi connectivity index (χ1) is 15.3. The Balaban J connectivity index is 1.58. The van der Waals surface area contributed by atoms with Crippen LogP contribution in [-0.2, 0) is 0 Å². The third kappa shape index (κ3) is 3.92. The molecule has 4 unspecified atom stereocenters. The van der Waals surface area contributed by atoms with Gasteiger partial charge >= 0.3 is 0 Å². The van der Waals surface area contributed by atoms with Crippen LogP contribution < -0.4 is 4.74 Å². The molecule has 0 heterocycles. The molecular formula is C27H32F4O. The molecule has 174 valence electrons. The predicted molar refractivity (Wildman–Crippen MR) is 120 cm³/mol. The van der Waals surface area contributed by atoms with E-state index in [-0.39, 0.29) is 34.6 Å². The summed E-state index contributed by atoms with van der Waals surface area (Å²) in [5.41, 5.74) is -0.985. The Morgan fingerprint density at radius 2 is 1.84 bits per heavy atom. The van der Waals surface area contributed by atoms with Gasteiger partial charge in [-0.2, -0.15) is 0 Å². The molecule has 0 amide bonds. The lowest BCUT2D eigenvalue weighted by Crippen LogP contribution is -2.38. The van der Waals surface area contributed by atoms with Gasteiger partial charge in [-0.25, -0.2) is 17.6 Å². The van der Waals surface area contributed by atoms with Gasteiger partial charge in [0.1, 0.15) is 6.17 Å². The molecule has 1 saturated carbocycles. The number of ether oxygens (including phenoxy) is 1. The van der Waals surface area contributed by atoms with Crippen LogP contribution in [0.4, 0.5) is 17.6 Å². The fourth-order valence-electron chi connectivity index (χ4n) is 5.57. The van der Waals surface area contributed by atoms with Gasteiger partial charge in [0, 0.05) is 16.6 Å². The Kier molecular flexibility index (Phi) is 6.56. The highest BCUT2D eigenvalue weighted by Crippen LogP contribution is 2.53. The van der Waals surface area contributed by atoms with Gasteiger partial charge in [-0.3, -0.25) is 0 Å². The first-order valence-electron chi connectivity index (χ1n) is 11.7. The van der Waals surface area contributed by atoms with Crippen LogP contribution in [0.25, 0.3) is 5.57 Å². The minimum absolute atomic E-state index is 0.113. The third-order valence-corrected chi connectivity index (χ3v) is 7.67. The Morgan fingerprint density at radius 1 is 1.12 bits per heavy atom. The van der Waals surface area contributed by atoms with Crippen molar-refractivity contribution in [1.82, 2.24) is 0 Å². The molecule has 1 aromatic rings.